The molecular weight excluding hydrogens is 362 g/mol. The minimum atomic E-state index is 0.757. The number of thioether (sulfide) groups is 1. The summed E-state index contributed by atoms with van der Waals surface area (Å²) in [7, 11) is 0. The van der Waals surface area contributed by atoms with Crippen molar-refractivity contribution in [2.75, 3.05) is 0 Å². The minimum absolute atomic E-state index is 0.757. The zero-order valence-electron chi connectivity index (χ0n) is 16.2. The number of aromatic nitrogens is 3. The predicted octanol–water partition coefficient (Wildman–Crippen LogP) is 5.77. The van der Waals surface area contributed by atoms with E-state index in [1.807, 2.05) is 6.07 Å². The molecule has 0 atom stereocenters. The molecule has 0 radical (unpaired) electrons. The summed E-state index contributed by atoms with van der Waals surface area (Å²) in [4.78, 5) is 0. The molecule has 1 aromatic heterocycles. The molecule has 0 unspecified atom stereocenters. The molecule has 4 rings (SSSR count). The van der Waals surface area contributed by atoms with Crippen molar-refractivity contribution >= 4 is 11.8 Å². The Kier molecular flexibility index (Phi) is 5.58. The zero-order chi connectivity index (χ0) is 19.3. The van der Waals surface area contributed by atoms with Crippen molar-refractivity contribution in [3.05, 3.63) is 107 Å². The molecule has 3 aromatic carbocycles. The summed E-state index contributed by atoms with van der Waals surface area (Å²) in [6.45, 7) is 4.26. The van der Waals surface area contributed by atoms with E-state index in [0.29, 0.717) is 0 Å². The van der Waals surface area contributed by atoms with Crippen LogP contribution in [-0.4, -0.2) is 14.8 Å². The second kappa shape index (κ2) is 8.44. The normalized spacial score (nSPS) is 10.9. The third kappa shape index (κ3) is 4.18. The van der Waals surface area contributed by atoms with Crippen LogP contribution in [0.3, 0.4) is 0 Å². The van der Waals surface area contributed by atoms with Gasteiger partial charge in [-0.25, -0.2) is 0 Å². The molecule has 4 heteroatoms. The molecule has 4 aromatic rings. The van der Waals surface area contributed by atoms with Crippen molar-refractivity contribution in [3.8, 4) is 5.69 Å². The summed E-state index contributed by atoms with van der Waals surface area (Å²) < 4.78 is 2.19. The van der Waals surface area contributed by atoms with Gasteiger partial charge in [0.25, 0.3) is 0 Å². The van der Waals surface area contributed by atoms with Crippen molar-refractivity contribution in [1.82, 2.24) is 14.8 Å². The molecule has 0 fully saturated rings. The average Bonchev–Trinajstić information content (AvgIpc) is 3.11. The highest BCUT2D eigenvalue weighted by Gasteiger charge is 2.15. The van der Waals surface area contributed by atoms with Gasteiger partial charge >= 0.3 is 0 Å². The quantitative estimate of drug-likeness (QED) is 0.395. The summed E-state index contributed by atoms with van der Waals surface area (Å²) >= 11 is 1.73. The van der Waals surface area contributed by atoms with Gasteiger partial charge < -0.3 is 0 Å². The molecule has 0 saturated heterocycles. The maximum absolute atomic E-state index is 4.54. The Morgan fingerprint density at radius 3 is 2.25 bits per heavy atom. The molecule has 0 saturated carbocycles. The molecule has 28 heavy (non-hydrogen) atoms. The molecule has 0 N–H and O–H groups in total. The number of hydrogen-bond donors (Lipinski definition) is 0. The van der Waals surface area contributed by atoms with E-state index in [0.717, 1.165) is 28.8 Å². The average molecular weight is 386 g/mol. The number of rotatable bonds is 6. The molecule has 0 aliphatic carbocycles. The Balaban J connectivity index is 1.67. The van der Waals surface area contributed by atoms with E-state index in [-0.39, 0.29) is 0 Å². The first-order valence-electron chi connectivity index (χ1n) is 9.43. The number of nitrogens with zero attached hydrogens (tertiary/aromatic N) is 3. The molecule has 3 nitrogen and oxygen atoms in total. The van der Waals surface area contributed by atoms with Crippen LogP contribution in [0.2, 0.25) is 0 Å². The van der Waals surface area contributed by atoms with Crippen LogP contribution in [0.4, 0.5) is 0 Å². The van der Waals surface area contributed by atoms with E-state index in [1.165, 1.54) is 22.3 Å². The Morgan fingerprint density at radius 1 is 0.786 bits per heavy atom. The van der Waals surface area contributed by atoms with Crippen molar-refractivity contribution in [1.29, 1.82) is 0 Å². The Morgan fingerprint density at radius 2 is 1.50 bits per heavy atom. The number of hydrogen-bond acceptors (Lipinski definition) is 3. The second-order valence-corrected chi connectivity index (χ2v) is 7.89. The van der Waals surface area contributed by atoms with Gasteiger partial charge in [-0.05, 0) is 42.7 Å². The lowest BCUT2D eigenvalue weighted by Gasteiger charge is -2.11. The van der Waals surface area contributed by atoms with Gasteiger partial charge in [0.1, 0.15) is 5.82 Å². The van der Waals surface area contributed by atoms with Crippen LogP contribution in [-0.2, 0) is 12.2 Å². The maximum atomic E-state index is 4.54. The molecule has 0 aliphatic heterocycles. The van der Waals surface area contributed by atoms with E-state index >= 15 is 0 Å². The summed E-state index contributed by atoms with van der Waals surface area (Å²) in [5.74, 6) is 1.84. The van der Waals surface area contributed by atoms with Crippen LogP contribution in [0.5, 0.6) is 0 Å². The summed E-state index contributed by atoms with van der Waals surface area (Å²) in [5.41, 5.74) is 6.22. The van der Waals surface area contributed by atoms with E-state index in [2.05, 4.69) is 101 Å². The highest BCUT2D eigenvalue weighted by molar-refractivity contribution is 7.98. The first kappa shape index (κ1) is 18.5. The maximum Gasteiger partial charge on any atom is 0.196 e. The van der Waals surface area contributed by atoms with E-state index in [9.17, 15) is 0 Å². The SMILES string of the molecule is Cc1ccc(-n2c(Cc3ccccc3)nnc2SCc2ccccc2C)cc1. The fourth-order valence-corrected chi connectivity index (χ4v) is 4.20. The molecular formula is C24H23N3S. The monoisotopic (exact) mass is 385 g/mol. The van der Waals surface area contributed by atoms with Crippen LogP contribution < -0.4 is 0 Å². The number of benzene rings is 3. The Labute approximate surface area is 170 Å². The minimum Gasteiger partial charge on any atom is -0.274 e. The lowest BCUT2D eigenvalue weighted by Crippen LogP contribution is -2.04. The zero-order valence-corrected chi connectivity index (χ0v) is 17.0. The van der Waals surface area contributed by atoms with Crippen LogP contribution >= 0.6 is 11.8 Å². The van der Waals surface area contributed by atoms with Gasteiger partial charge in [0.15, 0.2) is 5.16 Å². The van der Waals surface area contributed by atoms with E-state index < -0.39 is 0 Å². The van der Waals surface area contributed by atoms with Crippen molar-refractivity contribution in [2.24, 2.45) is 0 Å². The van der Waals surface area contributed by atoms with Gasteiger partial charge in [0.2, 0.25) is 0 Å². The highest BCUT2D eigenvalue weighted by atomic mass is 32.2. The van der Waals surface area contributed by atoms with Gasteiger partial charge in [-0.15, -0.1) is 10.2 Å². The Hall–Kier alpha value is -2.85. The third-order valence-corrected chi connectivity index (χ3v) is 5.79. The lowest BCUT2D eigenvalue weighted by molar-refractivity contribution is 0.847. The molecule has 0 amide bonds. The lowest BCUT2D eigenvalue weighted by atomic mass is 10.1. The first-order chi connectivity index (χ1) is 13.7. The Bertz CT molecular complexity index is 1050. The first-order valence-corrected chi connectivity index (χ1v) is 10.4. The van der Waals surface area contributed by atoms with E-state index in [1.54, 1.807) is 11.8 Å². The van der Waals surface area contributed by atoms with Crippen LogP contribution in [0, 0.1) is 13.8 Å². The predicted molar refractivity (Wildman–Crippen MR) is 116 cm³/mol. The van der Waals surface area contributed by atoms with E-state index in [4.69, 9.17) is 0 Å². The third-order valence-electron chi connectivity index (χ3n) is 4.82. The van der Waals surface area contributed by atoms with Gasteiger partial charge in [0, 0.05) is 17.9 Å². The van der Waals surface area contributed by atoms with Gasteiger partial charge in [-0.1, -0.05) is 84.1 Å². The smallest absolute Gasteiger partial charge is 0.196 e. The van der Waals surface area contributed by atoms with Crippen LogP contribution in [0.25, 0.3) is 5.69 Å². The highest BCUT2D eigenvalue weighted by Crippen LogP contribution is 2.27. The fourth-order valence-electron chi connectivity index (χ4n) is 3.15. The summed E-state index contributed by atoms with van der Waals surface area (Å²) in [6, 6.07) is 27.5. The summed E-state index contributed by atoms with van der Waals surface area (Å²) in [6.07, 6.45) is 0.757. The molecule has 0 spiro atoms. The molecule has 0 bridgehead atoms. The second-order valence-electron chi connectivity index (χ2n) is 6.95. The molecule has 0 aliphatic rings. The van der Waals surface area contributed by atoms with Crippen LogP contribution in [0.15, 0.2) is 84.0 Å². The molecule has 1 heterocycles. The van der Waals surface area contributed by atoms with Gasteiger partial charge in [-0.2, -0.15) is 0 Å². The molecule has 140 valence electrons. The topological polar surface area (TPSA) is 30.7 Å². The van der Waals surface area contributed by atoms with Crippen LogP contribution in [0.1, 0.15) is 28.1 Å². The largest absolute Gasteiger partial charge is 0.274 e. The van der Waals surface area contributed by atoms with Crippen molar-refractivity contribution in [2.45, 2.75) is 31.2 Å². The standard InChI is InChI=1S/C24H23N3S/c1-18-12-14-22(15-13-18)27-23(16-20-9-4-3-5-10-20)25-26-24(27)28-17-21-11-7-6-8-19(21)2/h3-15H,16-17H2,1-2H3. The summed E-state index contributed by atoms with van der Waals surface area (Å²) in [5, 5.41) is 10.00. The fraction of sp³-hybridized carbons (Fsp3) is 0.167. The van der Waals surface area contributed by atoms with Gasteiger partial charge in [0.05, 0.1) is 0 Å². The van der Waals surface area contributed by atoms with Crippen molar-refractivity contribution in [3.63, 3.8) is 0 Å². The number of aryl methyl sites for hydroxylation is 2. The van der Waals surface area contributed by atoms with Crippen molar-refractivity contribution < 1.29 is 0 Å². The van der Waals surface area contributed by atoms with Gasteiger partial charge in [-0.3, -0.25) is 4.57 Å².